The Hall–Kier alpha value is 0.230. The van der Waals surface area contributed by atoms with Crippen molar-refractivity contribution in [1.29, 1.82) is 0 Å². The molecule has 3 rings (SSSR count). The van der Waals surface area contributed by atoms with E-state index in [4.69, 9.17) is 0 Å². The molecule has 1 saturated carbocycles. The number of hydrogen-bond acceptors (Lipinski definition) is 4. The average Bonchev–Trinajstić information content (AvgIpc) is 3.10. The third-order valence-electron chi connectivity index (χ3n) is 5.09. The van der Waals surface area contributed by atoms with Gasteiger partial charge in [-0.15, -0.1) is 0 Å². The second-order valence-electron chi connectivity index (χ2n) is 6.01. The molecule has 18 heavy (non-hydrogen) atoms. The molecule has 0 radical (unpaired) electrons. The first kappa shape index (κ1) is 13.2. The molecule has 1 N–H and O–H groups in total. The molecule has 2 saturated heterocycles. The Labute approximate surface area is 116 Å². The first-order valence-electron chi connectivity index (χ1n) is 7.60. The van der Waals surface area contributed by atoms with Crippen molar-refractivity contribution in [2.75, 3.05) is 45.5 Å². The van der Waals surface area contributed by atoms with Gasteiger partial charge in [-0.25, -0.2) is 0 Å². The van der Waals surface area contributed by atoms with Gasteiger partial charge in [-0.3, -0.25) is 9.80 Å². The van der Waals surface area contributed by atoms with Crippen molar-refractivity contribution in [3.8, 4) is 0 Å². The molecule has 1 aliphatic carbocycles. The molecule has 3 aliphatic rings. The second kappa shape index (κ2) is 6.12. The van der Waals surface area contributed by atoms with Crippen molar-refractivity contribution < 1.29 is 0 Å². The summed E-state index contributed by atoms with van der Waals surface area (Å²) in [5, 5.41) is 4.37. The lowest BCUT2D eigenvalue weighted by atomic mass is 10.1. The van der Waals surface area contributed by atoms with Crippen molar-refractivity contribution in [1.82, 2.24) is 15.1 Å². The van der Waals surface area contributed by atoms with E-state index < -0.39 is 0 Å². The highest BCUT2D eigenvalue weighted by atomic mass is 32.2. The average molecular weight is 269 g/mol. The minimum Gasteiger partial charge on any atom is -0.314 e. The summed E-state index contributed by atoms with van der Waals surface area (Å²) < 4.78 is 0. The Morgan fingerprint density at radius 2 is 1.61 bits per heavy atom. The van der Waals surface area contributed by atoms with Gasteiger partial charge in [-0.05, 0) is 19.1 Å². The molecule has 0 aromatic heterocycles. The van der Waals surface area contributed by atoms with Crippen LogP contribution in [0.15, 0.2) is 0 Å². The summed E-state index contributed by atoms with van der Waals surface area (Å²) in [4.78, 5) is 5.51. The monoisotopic (exact) mass is 269 g/mol. The number of hydrogen-bond donors (Lipinski definition) is 1. The van der Waals surface area contributed by atoms with Gasteiger partial charge in [-0.1, -0.05) is 12.8 Å². The van der Waals surface area contributed by atoms with Crippen molar-refractivity contribution >= 4 is 11.8 Å². The SMILES string of the molecule is CSC1CNCC1N1CCN(C2CCCC2)CC1. The van der Waals surface area contributed by atoms with E-state index in [-0.39, 0.29) is 0 Å². The summed E-state index contributed by atoms with van der Waals surface area (Å²) in [5.74, 6) is 0. The number of nitrogens with zero attached hydrogens (tertiary/aromatic N) is 2. The molecule has 2 aliphatic heterocycles. The summed E-state index contributed by atoms with van der Waals surface area (Å²) >= 11 is 2.04. The third-order valence-corrected chi connectivity index (χ3v) is 6.18. The van der Waals surface area contributed by atoms with E-state index >= 15 is 0 Å². The number of rotatable bonds is 3. The number of nitrogens with one attached hydrogen (secondary N) is 1. The summed E-state index contributed by atoms with van der Waals surface area (Å²) in [7, 11) is 0. The zero-order valence-electron chi connectivity index (χ0n) is 11.6. The van der Waals surface area contributed by atoms with Crippen molar-refractivity contribution in [3.05, 3.63) is 0 Å². The van der Waals surface area contributed by atoms with Gasteiger partial charge in [0.15, 0.2) is 0 Å². The molecule has 0 aromatic rings. The predicted molar refractivity (Wildman–Crippen MR) is 79.4 cm³/mol. The van der Waals surface area contributed by atoms with Crippen molar-refractivity contribution in [2.45, 2.75) is 43.0 Å². The van der Waals surface area contributed by atoms with Gasteiger partial charge in [0.05, 0.1) is 0 Å². The van der Waals surface area contributed by atoms with E-state index in [0.29, 0.717) is 0 Å². The van der Waals surface area contributed by atoms with Crippen LogP contribution in [0.1, 0.15) is 25.7 Å². The van der Waals surface area contributed by atoms with Crippen molar-refractivity contribution in [2.24, 2.45) is 0 Å². The first-order chi connectivity index (χ1) is 8.88. The number of thioether (sulfide) groups is 1. The quantitative estimate of drug-likeness (QED) is 0.831. The maximum Gasteiger partial charge on any atom is 0.0352 e. The van der Waals surface area contributed by atoms with Gasteiger partial charge >= 0.3 is 0 Å². The predicted octanol–water partition coefficient (Wildman–Crippen LogP) is 1.25. The minimum absolute atomic E-state index is 0.783. The number of piperazine rings is 1. The molecule has 0 amide bonds. The maximum absolute atomic E-state index is 3.56. The Morgan fingerprint density at radius 1 is 0.944 bits per heavy atom. The summed E-state index contributed by atoms with van der Waals surface area (Å²) in [6.45, 7) is 7.61. The highest BCUT2D eigenvalue weighted by Gasteiger charge is 2.34. The van der Waals surface area contributed by atoms with Gasteiger partial charge in [0.25, 0.3) is 0 Å². The van der Waals surface area contributed by atoms with E-state index in [1.807, 2.05) is 11.8 Å². The fraction of sp³-hybridized carbons (Fsp3) is 1.00. The molecule has 2 heterocycles. The van der Waals surface area contributed by atoms with Gasteiger partial charge in [0, 0.05) is 56.6 Å². The van der Waals surface area contributed by atoms with Crippen LogP contribution in [0.2, 0.25) is 0 Å². The van der Waals surface area contributed by atoms with Crippen LogP contribution in [0.5, 0.6) is 0 Å². The fourth-order valence-corrected chi connectivity index (χ4v) is 4.82. The summed E-state index contributed by atoms with van der Waals surface area (Å²) in [6, 6.07) is 1.70. The lowest BCUT2D eigenvalue weighted by Crippen LogP contribution is -2.54. The molecule has 2 atom stereocenters. The van der Waals surface area contributed by atoms with Crippen LogP contribution in [0.4, 0.5) is 0 Å². The minimum atomic E-state index is 0.783. The fourth-order valence-electron chi connectivity index (χ4n) is 3.95. The first-order valence-corrected chi connectivity index (χ1v) is 8.89. The molecule has 3 nitrogen and oxygen atoms in total. The molecule has 4 heteroatoms. The molecular formula is C14H27N3S. The van der Waals surface area contributed by atoms with Gasteiger partial charge in [0.1, 0.15) is 0 Å². The van der Waals surface area contributed by atoms with Crippen LogP contribution in [0.3, 0.4) is 0 Å². The topological polar surface area (TPSA) is 18.5 Å². The van der Waals surface area contributed by atoms with Crippen LogP contribution < -0.4 is 5.32 Å². The molecular weight excluding hydrogens is 242 g/mol. The standard InChI is InChI=1S/C14H27N3S/c1-18-14-11-15-10-13(14)17-8-6-16(7-9-17)12-4-2-3-5-12/h12-15H,2-11H2,1H3. The molecule has 104 valence electrons. The van der Waals surface area contributed by atoms with E-state index in [2.05, 4.69) is 21.4 Å². The van der Waals surface area contributed by atoms with Crippen LogP contribution in [0.25, 0.3) is 0 Å². The molecule has 0 spiro atoms. The maximum atomic E-state index is 3.56. The zero-order chi connectivity index (χ0) is 12.4. The summed E-state index contributed by atoms with van der Waals surface area (Å²) in [6.07, 6.45) is 8.11. The zero-order valence-corrected chi connectivity index (χ0v) is 12.4. The second-order valence-corrected chi connectivity index (χ2v) is 7.09. The van der Waals surface area contributed by atoms with E-state index in [9.17, 15) is 0 Å². The Kier molecular flexibility index (Phi) is 4.50. The summed E-state index contributed by atoms with van der Waals surface area (Å²) in [5.41, 5.74) is 0. The Bertz CT molecular complexity index is 260. The molecule has 2 unspecified atom stereocenters. The van der Waals surface area contributed by atoms with Gasteiger partial charge in [-0.2, -0.15) is 11.8 Å². The van der Waals surface area contributed by atoms with E-state index in [1.54, 1.807) is 0 Å². The smallest absolute Gasteiger partial charge is 0.0352 e. The van der Waals surface area contributed by atoms with Gasteiger partial charge < -0.3 is 5.32 Å². The highest BCUT2D eigenvalue weighted by molar-refractivity contribution is 7.99. The largest absolute Gasteiger partial charge is 0.314 e. The van der Waals surface area contributed by atoms with E-state index in [0.717, 1.165) is 17.3 Å². The Morgan fingerprint density at radius 3 is 2.28 bits per heavy atom. The molecule has 3 fully saturated rings. The Balaban J connectivity index is 1.50. The molecule has 0 bridgehead atoms. The van der Waals surface area contributed by atoms with Crippen LogP contribution in [0, 0.1) is 0 Å². The van der Waals surface area contributed by atoms with Gasteiger partial charge in [0.2, 0.25) is 0 Å². The van der Waals surface area contributed by atoms with E-state index in [1.165, 1.54) is 65.0 Å². The van der Waals surface area contributed by atoms with Crippen LogP contribution >= 0.6 is 11.8 Å². The third kappa shape index (κ3) is 2.72. The highest BCUT2D eigenvalue weighted by Crippen LogP contribution is 2.26. The van der Waals surface area contributed by atoms with Crippen LogP contribution in [-0.2, 0) is 0 Å². The van der Waals surface area contributed by atoms with Crippen molar-refractivity contribution in [3.63, 3.8) is 0 Å². The lowest BCUT2D eigenvalue weighted by Gasteiger charge is -2.41. The van der Waals surface area contributed by atoms with Crippen LogP contribution in [-0.4, -0.2) is 72.7 Å². The molecule has 0 aromatic carbocycles. The lowest BCUT2D eigenvalue weighted by molar-refractivity contribution is 0.0767. The normalized spacial score (nSPS) is 36.5.